The van der Waals surface area contributed by atoms with E-state index in [-0.39, 0.29) is 0 Å². The van der Waals surface area contributed by atoms with Gasteiger partial charge in [-0.15, -0.1) is 0 Å². The normalized spacial score (nSPS) is 10.2. The SMILES string of the molecule is CNOCCc1ccccc1Br. The molecule has 0 atom stereocenters. The van der Waals surface area contributed by atoms with E-state index >= 15 is 0 Å². The molecule has 66 valence electrons. The second-order valence-electron chi connectivity index (χ2n) is 2.39. The minimum Gasteiger partial charge on any atom is -0.302 e. The first-order valence-corrected chi connectivity index (χ1v) is 4.66. The summed E-state index contributed by atoms with van der Waals surface area (Å²) in [6.45, 7) is 0.694. The fraction of sp³-hybridized carbons (Fsp3) is 0.333. The lowest BCUT2D eigenvalue weighted by atomic mass is 10.2. The summed E-state index contributed by atoms with van der Waals surface area (Å²) < 4.78 is 1.14. The molecule has 0 bridgehead atoms. The number of nitrogens with one attached hydrogen (secondary N) is 1. The number of benzene rings is 1. The van der Waals surface area contributed by atoms with Gasteiger partial charge < -0.3 is 4.84 Å². The Hall–Kier alpha value is -0.380. The van der Waals surface area contributed by atoms with Gasteiger partial charge in [-0.3, -0.25) is 0 Å². The molecule has 1 rings (SSSR count). The first-order valence-electron chi connectivity index (χ1n) is 3.86. The molecule has 0 aliphatic rings. The van der Waals surface area contributed by atoms with Gasteiger partial charge in [0.15, 0.2) is 0 Å². The Labute approximate surface area is 81.0 Å². The summed E-state index contributed by atoms with van der Waals surface area (Å²) in [4.78, 5) is 5.02. The smallest absolute Gasteiger partial charge is 0.0722 e. The highest BCUT2D eigenvalue weighted by molar-refractivity contribution is 9.10. The Bertz CT molecular complexity index is 240. The molecule has 0 unspecified atom stereocenters. The van der Waals surface area contributed by atoms with E-state index in [1.807, 2.05) is 18.2 Å². The van der Waals surface area contributed by atoms with E-state index in [1.165, 1.54) is 5.56 Å². The minimum atomic E-state index is 0.694. The van der Waals surface area contributed by atoms with E-state index < -0.39 is 0 Å². The van der Waals surface area contributed by atoms with Crippen LogP contribution in [-0.2, 0) is 11.3 Å². The Kier molecular flexibility index (Phi) is 4.29. The fourth-order valence-electron chi connectivity index (χ4n) is 0.964. The topological polar surface area (TPSA) is 21.3 Å². The largest absolute Gasteiger partial charge is 0.302 e. The third kappa shape index (κ3) is 2.93. The molecule has 0 saturated heterocycles. The molecule has 0 aromatic heterocycles. The first-order chi connectivity index (χ1) is 5.84. The summed E-state index contributed by atoms with van der Waals surface area (Å²) >= 11 is 3.47. The van der Waals surface area contributed by atoms with Crippen molar-refractivity contribution in [2.24, 2.45) is 0 Å². The van der Waals surface area contributed by atoms with Crippen LogP contribution < -0.4 is 5.48 Å². The molecule has 0 aliphatic heterocycles. The molecule has 0 saturated carbocycles. The number of halogens is 1. The van der Waals surface area contributed by atoms with Crippen molar-refractivity contribution in [2.45, 2.75) is 6.42 Å². The van der Waals surface area contributed by atoms with Crippen molar-refractivity contribution < 1.29 is 4.84 Å². The van der Waals surface area contributed by atoms with Crippen LogP contribution in [0.4, 0.5) is 0 Å². The number of hydrogen-bond donors (Lipinski definition) is 1. The highest BCUT2D eigenvalue weighted by Gasteiger charge is 1.96. The second kappa shape index (κ2) is 5.30. The average molecular weight is 230 g/mol. The van der Waals surface area contributed by atoms with Crippen LogP contribution in [-0.4, -0.2) is 13.7 Å². The van der Waals surface area contributed by atoms with E-state index in [9.17, 15) is 0 Å². The van der Waals surface area contributed by atoms with Crippen LogP contribution in [0.25, 0.3) is 0 Å². The summed E-state index contributed by atoms with van der Waals surface area (Å²) in [5.41, 5.74) is 3.91. The second-order valence-corrected chi connectivity index (χ2v) is 3.25. The number of hydroxylamine groups is 1. The van der Waals surface area contributed by atoms with Gasteiger partial charge in [-0.2, -0.15) is 0 Å². The number of rotatable bonds is 4. The van der Waals surface area contributed by atoms with Crippen molar-refractivity contribution in [3.8, 4) is 0 Å². The average Bonchev–Trinajstić information content (AvgIpc) is 2.09. The standard InChI is InChI=1S/C9H12BrNO/c1-11-12-7-6-8-4-2-3-5-9(8)10/h2-5,11H,6-7H2,1H3. The monoisotopic (exact) mass is 229 g/mol. The van der Waals surface area contributed by atoms with Gasteiger partial charge in [0.05, 0.1) is 6.61 Å². The van der Waals surface area contributed by atoms with Crippen molar-refractivity contribution in [1.82, 2.24) is 5.48 Å². The van der Waals surface area contributed by atoms with Gasteiger partial charge in [-0.05, 0) is 18.1 Å². The quantitative estimate of drug-likeness (QED) is 0.632. The van der Waals surface area contributed by atoms with Crippen molar-refractivity contribution >= 4 is 15.9 Å². The molecule has 0 heterocycles. The maximum atomic E-state index is 5.02. The van der Waals surface area contributed by atoms with E-state index in [1.54, 1.807) is 7.05 Å². The van der Waals surface area contributed by atoms with Gasteiger partial charge in [0.2, 0.25) is 0 Å². The maximum absolute atomic E-state index is 5.02. The summed E-state index contributed by atoms with van der Waals surface area (Å²) in [6.07, 6.45) is 0.919. The van der Waals surface area contributed by atoms with Gasteiger partial charge >= 0.3 is 0 Å². The minimum absolute atomic E-state index is 0.694. The first kappa shape index (κ1) is 9.71. The zero-order valence-electron chi connectivity index (χ0n) is 7.01. The third-order valence-corrected chi connectivity index (χ3v) is 2.35. The third-order valence-electron chi connectivity index (χ3n) is 1.58. The maximum Gasteiger partial charge on any atom is 0.0722 e. The summed E-state index contributed by atoms with van der Waals surface area (Å²) in [6, 6.07) is 8.16. The van der Waals surface area contributed by atoms with Crippen molar-refractivity contribution in [3.05, 3.63) is 34.3 Å². The molecule has 2 nitrogen and oxygen atoms in total. The highest BCUT2D eigenvalue weighted by Crippen LogP contribution is 2.15. The molecule has 0 fully saturated rings. The molecule has 3 heteroatoms. The van der Waals surface area contributed by atoms with Crippen molar-refractivity contribution in [1.29, 1.82) is 0 Å². The van der Waals surface area contributed by atoms with Crippen LogP contribution in [0.2, 0.25) is 0 Å². The summed E-state index contributed by atoms with van der Waals surface area (Å²) in [5, 5.41) is 0. The Morgan fingerprint density at radius 1 is 1.42 bits per heavy atom. The molecule has 0 aliphatic carbocycles. The number of hydrogen-bond acceptors (Lipinski definition) is 2. The Balaban J connectivity index is 2.46. The Morgan fingerprint density at radius 3 is 2.83 bits per heavy atom. The lowest BCUT2D eigenvalue weighted by Crippen LogP contribution is -2.10. The van der Waals surface area contributed by atoms with Gasteiger partial charge in [-0.1, -0.05) is 34.1 Å². The van der Waals surface area contributed by atoms with Crippen LogP contribution in [0.15, 0.2) is 28.7 Å². The highest BCUT2D eigenvalue weighted by atomic mass is 79.9. The zero-order valence-corrected chi connectivity index (χ0v) is 8.60. The van der Waals surface area contributed by atoms with Crippen molar-refractivity contribution in [2.75, 3.05) is 13.7 Å². The molecule has 1 aromatic carbocycles. The molecular weight excluding hydrogens is 218 g/mol. The van der Waals surface area contributed by atoms with E-state index in [4.69, 9.17) is 4.84 Å². The molecule has 0 spiro atoms. The molecule has 12 heavy (non-hydrogen) atoms. The lowest BCUT2D eigenvalue weighted by molar-refractivity contribution is 0.0603. The van der Waals surface area contributed by atoms with Gasteiger partial charge in [0, 0.05) is 11.5 Å². The molecule has 1 aromatic rings. The zero-order chi connectivity index (χ0) is 8.81. The van der Waals surface area contributed by atoms with E-state index in [0.717, 1.165) is 10.9 Å². The van der Waals surface area contributed by atoms with Crippen LogP contribution in [0.5, 0.6) is 0 Å². The Morgan fingerprint density at radius 2 is 2.17 bits per heavy atom. The molecule has 0 radical (unpaired) electrons. The van der Waals surface area contributed by atoms with Gasteiger partial charge in [-0.25, -0.2) is 5.48 Å². The predicted octanol–water partition coefficient (Wildman–Crippen LogP) is 2.14. The fourth-order valence-corrected chi connectivity index (χ4v) is 1.45. The predicted molar refractivity (Wildman–Crippen MR) is 52.9 cm³/mol. The lowest BCUT2D eigenvalue weighted by Gasteiger charge is -2.03. The van der Waals surface area contributed by atoms with Gasteiger partial charge in [0.1, 0.15) is 0 Å². The summed E-state index contributed by atoms with van der Waals surface area (Å²) in [5.74, 6) is 0. The summed E-state index contributed by atoms with van der Waals surface area (Å²) in [7, 11) is 1.76. The van der Waals surface area contributed by atoms with Crippen molar-refractivity contribution in [3.63, 3.8) is 0 Å². The van der Waals surface area contributed by atoms with Crippen LogP contribution in [0.1, 0.15) is 5.56 Å². The molecule has 0 amide bonds. The van der Waals surface area contributed by atoms with Crippen LogP contribution >= 0.6 is 15.9 Å². The molecular formula is C9H12BrNO. The molecule has 1 N–H and O–H groups in total. The van der Waals surface area contributed by atoms with E-state index in [0.29, 0.717) is 6.61 Å². The van der Waals surface area contributed by atoms with Crippen LogP contribution in [0.3, 0.4) is 0 Å². The van der Waals surface area contributed by atoms with Crippen LogP contribution in [0, 0.1) is 0 Å². The van der Waals surface area contributed by atoms with Gasteiger partial charge in [0.25, 0.3) is 0 Å². The van der Waals surface area contributed by atoms with E-state index in [2.05, 4.69) is 27.5 Å².